The summed E-state index contributed by atoms with van der Waals surface area (Å²) in [6.45, 7) is 0.854. The normalized spacial score (nSPS) is 13.1. The van der Waals surface area contributed by atoms with Crippen molar-refractivity contribution >= 4 is 39.1 Å². The molecular formula is C24H22BrFN2O2S. The topological polar surface area (TPSA) is 40.6 Å². The van der Waals surface area contributed by atoms with Crippen molar-refractivity contribution in [1.29, 1.82) is 0 Å². The Morgan fingerprint density at radius 2 is 1.71 bits per heavy atom. The van der Waals surface area contributed by atoms with Gasteiger partial charge in [0.2, 0.25) is 5.91 Å². The molecule has 0 atom stereocenters. The highest BCUT2D eigenvalue weighted by Gasteiger charge is 2.35. The van der Waals surface area contributed by atoms with Crippen LogP contribution in [0.5, 0.6) is 0 Å². The summed E-state index contributed by atoms with van der Waals surface area (Å²) >= 11 is 4.97. The lowest BCUT2D eigenvalue weighted by molar-refractivity contribution is -0.133. The highest BCUT2D eigenvalue weighted by atomic mass is 79.9. The number of hydrogen-bond acceptors (Lipinski definition) is 3. The molecule has 0 N–H and O–H groups in total. The molecule has 4 nitrogen and oxygen atoms in total. The zero-order chi connectivity index (χ0) is 21.8. The first-order chi connectivity index (χ1) is 15.0. The Hall–Kier alpha value is -2.51. The van der Waals surface area contributed by atoms with Crippen LogP contribution in [-0.4, -0.2) is 34.2 Å². The van der Waals surface area contributed by atoms with Crippen LogP contribution in [0.25, 0.3) is 0 Å². The average molecular weight is 501 g/mol. The maximum atomic E-state index is 13.3. The smallest absolute Gasteiger partial charge is 0.254 e. The second-order valence-corrected chi connectivity index (χ2v) is 9.57. The quantitative estimate of drug-likeness (QED) is 0.410. The van der Waals surface area contributed by atoms with Gasteiger partial charge in [-0.15, -0.1) is 11.3 Å². The van der Waals surface area contributed by atoms with E-state index in [2.05, 4.69) is 15.9 Å². The van der Waals surface area contributed by atoms with Crippen molar-refractivity contribution in [2.75, 3.05) is 6.54 Å². The highest BCUT2D eigenvalue weighted by Crippen LogP contribution is 2.29. The van der Waals surface area contributed by atoms with Crippen molar-refractivity contribution in [3.8, 4) is 0 Å². The van der Waals surface area contributed by atoms with Crippen LogP contribution in [0.1, 0.15) is 33.6 Å². The third kappa shape index (κ3) is 5.80. The summed E-state index contributed by atoms with van der Waals surface area (Å²) < 4.78 is 14.2. The van der Waals surface area contributed by atoms with Gasteiger partial charge in [0.15, 0.2) is 0 Å². The van der Waals surface area contributed by atoms with Crippen LogP contribution < -0.4 is 0 Å². The standard InChI is InChI=1S/C24H22BrFN2O2S/c25-19-7-5-18(6-8-19)24(30)28(21-11-12-21)16-23(29)27(15-22-2-1-13-31-22)14-17-3-9-20(26)10-4-17/h1-10,13,21H,11-12,14-16H2. The summed E-state index contributed by atoms with van der Waals surface area (Å²) in [4.78, 5) is 30.9. The van der Waals surface area contributed by atoms with Gasteiger partial charge in [-0.2, -0.15) is 0 Å². The molecule has 2 aromatic carbocycles. The highest BCUT2D eigenvalue weighted by molar-refractivity contribution is 9.10. The third-order valence-electron chi connectivity index (χ3n) is 5.21. The number of rotatable bonds is 8. The summed E-state index contributed by atoms with van der Waals surface area (Å²) in [7, 11) is 0. The molecule has 4 rings (SSSR count). The molecule has 0 bridgehead atoms. The average Bonchev–Trinajstić information content (AvgIpc) is 3.48. The van der Waals surface area contributed by atoms with E-state index in [-0.39, 0.29) is 30.2 Å². The molecule has 0 saturated heterocycles. The molecule has 1 heterocycles. The third-order valence-corrected chi connectivity index (χ3v) is 6.60. The van der Waals surface area contributed by atoms with E-state index in [0.29, 0.717) is 18.7 Å². The first-order valence-corrected chi connectivity index (χ1v) is 11.8. The summed E-state index contributed by atoms with van der Waals surface area (Å²) in [5, 5.41) is 1.98. The van der Waals surface area contributed by atoms with Gasteiger partial charge in [-0.1, -0.05) is 34.1 Å². The Kier molecular flexibility index (Phi) is 6.83. The number of amides is 2. The Morgan fingerprint density at radius 1 is 1.00 bits per heavy atom. The fourth-order valence-electron chi connectivity index (χ4n) is 3.39. The molecule has 0 spiro atoms. The largest absolute Gasteiger partial charge is 0.332 e. The second-order valence-electron chi connectivity index (χ2n) is 7.63. The second kappa shape index (κ2) is 9.75. The van der Waals surface area contributed by atoms with Crippen LogP contribution >= 0.6 is 27.3 Å². The molecule has 0 unspecified atom stereocenters. The summed E-state index contributed by atoms with van der Waals surface area (Å²) in [5.41, 5.74) is 1.43. The van der Waals surface area contributed by atoms with E-state index < -0.39 is 0 Å². The van der Waals surface area contributed by atoms with Gasteiger partial charge >= 0.3 is 0 Å². The van der Waals surface area contributed by atoms with Crippen molar-refractivity contribution in [3.63, 3.8) is 0 Å². The van der Waals surface area contributed by atoms with E-state index in [0.717, 1.165) is 27.8 Å². The van der Waals surface area contributed by atoms with Gasteiger partial charge in [0, 0.05) is 27.5 Å². The minimum Gasteiger partial charge on any atom is -0.332 e. The van der Waals surface area contributed by atoms with Crippen LogP contribution in [-0.2, 0) is 17.9 Å². The fraction of sp³-hybridized carbons (Fsp3) is 0.250. The van der Waals surface area contributed by atoms with E-state index in [9.17, 15) is 14.0 Å². The number of hydrogen-bond donors (Lipinski definition) is 0. The molecule has 2 amide bonds. The van der Waals surface area contributed by atoms with E-state index in [1.54, 1.807) is 45.4 Å². The molecule has 1 aliphatic rings. The first-order valence-electron chi connectivity index (χ1n) is 10.1. The van der Waals surface area contributed by atoms with Crippen LogP contribution in [0.2, 0.25) is 0 Å². The van der Waals surface area contributed by atoms with Gasteiger partial charge in [-0.3, -0.25) is 9.59 Å². The minimum absolute atomic E-state index is 0.0339. The number of carbonyl (C=O) groups excluding carboxylic acids is 2. The van der Waals surface area contributed by atoms with Crippen molar-refractivity contribution in [3.05, 3.63) is 92.3 Å². The molecule has 1 saturated carbocycles. The zero-order valence-electron chi connectivity index (χ0n) is 16.8. The SMILES string of the molecule is O=C(CN(C(=O)c1ccc(Br)cc1)C1CC1)N(Cc1ccc(F)cc1)Cc1cccs1. The molecule has 1 aliphatic carbocycles. The molecule has 1 fully saturated rings. The van der Waals surface area contributed by atoms with E-state index in [4.69, 9.17) is 0 Å². The van der Waals surface area contributed by atoms with E-state index in [1.165, 1.54) is 12.1 Å². The molecule has 31 heavy (non-hydrogen) atoms. The van der Waals surface area contributed by atoms with Crippen molar-refractivity contribution in [2.24, 2.45) is 0 Å². The molecular weight excluding hydrogens is 479 g/mol. The lowest BCUT2D eigenvalue weighted by Gasteiger charge is -2.28. The molecule has 1 aromatic heterocycles. The Morgan fingerprint density at radius 3 is 2.32 bits per heavy atom. The number of halogens is 2. The fourth-order valence-corrected chi connectivity index (χ4v) is 4.37. The minimum atomic E-state index is -0.306. The summed E-state index contributed by atoms with van der Waals surface area (Å²) in [5.74, 6) is -0.545. The Bertz CT molecular complexity index is 1030. The Labute approximate surface area is 193 Å². The van der Waals surface area contributed by atoms with Crippen molar-refractivity contribution in [1.82, 2.24) is 9.80 Å². The van der Waals surface area contributed by atoms with Crippen molar-refractivity contribution in [2.45, 2.75) is 32.0 Å². The van der Waals surface area contributed by atoms with E-state index in [1.807, 2.05) is 29.6 Å². The maximum Gasteiger partial charge on any atom is 0.254 e. The van der Waals surface area contributed by atoms with Gasteiger partial charge in [-0.25, -0.2) is 4.39 Å². The van der Waals surface area contributed by atoms with Crippen LogP contribution in [0.4, 0.5) is 4.39 Å². The first kappa shape index (κ1) is 21.7. The predicted octanol–water partition coefficient (Wildman–Crippen LogP) is 5.48. The van der Waals surface area contributed by atoms with E-state index >= 15 is 0 Å². The van der Waals surface area contributed by atoms with Gasteiger partial charge < -0.3 is 9.80 Å². The lowest BCUT2D eigenvalue weighted by Crippen LogP contribution is -2.43. The van der Waals surface area contributed by atoms with Gasteiger partial charge in [0.25, 0.3) is 5.91 Å². The zero-order valence-corrected chi connectivity index (χ0v) is 19.2. The van der Waals surface area contributed by atoms with Crippen molar-refractivity contribution < 1.29 is 14.0 Å². The monoisotopic (exact) mass is 500 g/mol. The number of nitrogens with zero attached hydrogens (tertiary/aromatic N) is 2. The van der Waals surface area contributed by atoms with Gasteiger partial charge in [-0.05, 0) is 66.2 Å². The van der Waals surface area contributed by atoms with Crippen LogP contribution in [0.3, 0.4) is 0 Å². The van der Waals surface area contributed by atoms with Gasteiger partial charge in [0.1, 0.15) is 12.4 Å². The van der Waals surface area contributed by atoms with Crippen LogP contribution in [0.15, 0.2) is 70.5 Å². The molecule has 0 aliphatic heterocycles. The number of thiophene rings is 1. The summed E-state index contributed by atoms with van der Waals surface area (Å²) in [6.07, 6.45) is 1.83. The summed E-state index contributed by atoms with van der Waals surface area (Å²) in [6, 6.07) is 17.4. The Balaban J connectivity index is 1.52. The van der Waals surface area contributed by atoms with Gasteiger partial charge in [0.05, 0.1) is 6.54 Å². The van der Waals surface area contributed by atoms with Crippen LogP contribution in [0, 0.1) is 5.82 Å². The number of carbonyl (C=O) groups is 2. The number of benzene rings is 2. The molecule has 160 valence electrons. The predicted molar refractivity (Wildman–Crippen MR) is 123 cm³/mol. The lowest BCUT2D eigenvalue weighted by atomic mass is 10.2. The molecule has 7 heteroatoms. The molecule has 3 aromatic rings. The molecule has 0 radical (unpaired) electrons. The maximum absolute atomic E-state index is 13.3.